The quantitative estimate of drug-likeness (QED) is 0.588. The van der Waals surface area contributed by atoms with Gasteiger partial charge in [-0.15, -0.1) is 0 Å². The highest BCUT2D eigenvalue weighted by atomic mass is 14.3. The van der Waals surface area contributed by atoms with Crippen LogP contribution in [0.25, 0.3) is 0 Å². The molecule has 0 nitrogen and oxygen atoms in total. The molecule has 0 heterocycles. The van der Waals surface area contributed by atoms with E-state index in [1.54, 1.807) is 5.57 Å². The van der Waals surface area contributed by atoms with E-state index in [-0.39, 0.29) is 0 Å². The van der Waals surface area contributed by atoms with Crippen LogP contribution in [0.5, 0.6) is 0 Å². The second-order valence-corrected chi connectivity index (χ2v) is 5.86. The molecular weight excluding hydrogens is 192 g/mol. The third-order valence-corrected chi connectivity index (χ3v) is 4.36. The number of allylic oxidation sites excluding steroid dienone is 4. The van der Waals surface area contributed by atoms with Crippen molar-refractivity contribution in [3.05, 3.63) is 23.3 Å². The minimum absolute atomic E-state index is 0.374. The lowest BCUT2D eigenvalue weighted by molar-refractivity contribution is 0.365. The molecule has 0 aromatic carbocycles. The van der Waals surface area contributed by atoms with Crippen LogP contribution in [0.1, 0.15) is 66.7 Å². The van der Waals surface area contributed by atoms with Crippen molar-refractivity contribution >= 4 is 0 Å². The van der Waals surface area contributed by atoms with Gasteiger partial charge in [0.25, 0.3) is 0 Å². The highest BCUT2D eigenvalue weighted by Gasteiger charge is 2.25. The maximum atomic E-state index is 2.40. The van der Waals surface area contributed by atoms with E-state index in [0.717, 1.165) is 5.92 Å². The van der Waals surface area contributed by atoms with Gasteiger partial charge in [0.15, 0.2) is 0 Å². The zero-order chi connectivity index (χ0) is 12.2. The highest BCUT2D eigenvalue weighted by Crippen LogP contribution is 2.39. The Morgan fingerprint density at radius 1 is 1.31 bits per heavy atom. The first-order valence-electron chi connectivity index (χ1n) is 6.88. The molecule has 1 aliphatic carbocycles. The Morgan fingerprint density at radius 2 is 2.00 bits per heavy atom. The van der Waals surface area contributed by atoms with Gasteiger partial charge in [-0.1, -0.05) is 57.4 Å². The summed E-state index contributed by atoms with van der Waals surface area (Å²) in [5, 5.41) is 0. The van der Waals surface area contributed by atoms with Crippen molar-refractivity contribution in [3.63, 3.8) is 0 Å². The molecule has 92 valence electrons. The molecular formula is C16H28. The molecule has 1 aliphatic rings. The molecule has 0 heteroatoms. The van der Waals surface area contributed by atoms with Gasteiger partial charge in [-0.05, 0) is 43.9 Å². The third-order valence-electron chi connectivity index (χ3n) is 4.36. The standard InChI is InChI=1S/C16H28/c1-6-14-11-9-8-10-13(3)15(12-14)16(4,5)7-2/h8,10,14H,6-7,9,11-12H2,1-5H3. The van der Waals surface area contributed by atoms with Crippen LogP contribution in [0.4, 0.5) is 0 Å². The molecule has 1 unspecified atom stereocenters. The lowest BCUT2D eigenvalue weighted by atomic mass is 9.73. The summed E-state index contributed by atoms with van der Waals surface area (Å²) in [5.41, 5.74) is 3.59. The van der Waals surface area contributed by atoms with Crippen LogP contribution < -0.4 is 0 Å². The monoisotopic (exact) mass is 220 g/mol. The average molecular weight is 220 g/mol. The van der Waals surface area contributed by atoms with Crippen molar-refractivity contribution in [2.45, 2.75) is 66.7 Å². The van der Waals surface area contributed by atoms with Gasteiger partial charge >= 0.3 is 0 Å². The van der Waals surface area contributed by atoms with Crippen LogP contribution in [0.15, 0.2) is 23.3 Å². The van der Waals surface area contributed by atoms with Crippen LogP contribution in [0.3, 0.4) is 0 Å². The molecule has 1 rings (SSSR count). The smallest absolute Gasteiger partial charge is 0.0141 e. The maximum Gasteiger partial charge on any atom is -0.0141 e. The fourth-order valence-corrected chi connectivity index (χ4v) is 2.62. The fourth-order valence-electron chi connectivity index (χ4n) is 2.62. The molecule has 0 aromatic rings. The van der Waals surface area contributed by atoms with E-state index in [1.807, 2.05) is 0 Å². The van der Waals surface area contributed by atoms with Gasteiger partial charge in [-0.2, -0.15) is 0 Å². The van der Waals surface area contributed by atoms with Gasteiger partial charge in [0.2, 0.25) is 0 Å². The van der Waals surface area contributed by atoms with Crippen molar-refractivity contribution in [2.24, 2.45) is 11.3 Å². The van der Waals surface area contributed by atoms with Crippen LogP contribution >= 0.6 is 0 Å². The van der Waals surface area contributed by atoms with Crippen LogP contribution in [-0.4, -0.2) is 0 Å². The topological polar surface area (TPSA) is 0 Å². The lowest BCUT2D eigenvalue weighted by Gasteiger charge is -2.32. The Hall–Kier alpha value is -0.520. The zero-order valence-electron chi connectivity index (χ0n) is 11.8. The first kappa shape index (κ1) is 13.5. The molecule has 16 heavy (non-hydrogen) atoms. The van der Waals surface area contributed by atoms with Crippen molar-refractivity contribution in [1.82, 2.24) is 0 Å². The van der Waals surface area contributed by atoms with Gasteiger partial charge in [0.1, 0.15) is 0 Å². The highest BCUT2D eigenvalue weighted by molar-refractivity contribution is 5.29. The number of rotatable bonds is 3. The predicted molar refractivity (Wildman–Crippen MR) is 73.5 cm³/mol. The van der Waals surface area contributed by atoms with Crippen LogP contribution in [0, 0.1) is 11.3 Å². The zero-order valence-corrected chi connectivity index (χ0v) is 11.8. The van der Waals surface area contributed by atoms with E-state index in [0.29, 0.717) is 5.41 Å². The minimum Gasteiger partial charge on any atom is -0.0843 e. The summed E-state index contributed by atoms with van der Waals surface area (Å²) < 4.78 is 0. The molecule has 0 bridgehead atoms. The van der Waals surface area contributed by atoms with E-state index in [2.05, 4.69) is 46.8 Å². The molecule has 0 radical (unpaired) electrons. The van der Waals surface area contributed by atoms with Gasteiger partial charge in [-0.25, -0.2) is 0 Å². The summed E-state index contributed by atoms with van der Waals surface area (Å²) in [4.78, 5) is 0. The fraction of sp³-hybridized carbons (Fsp3) is 0.750. The molecule has 0 fully saturated rings. The average Bonchev–Trinajstić information content (AvgIpc) is 2.24. The summed E-state index contributed by atoms with van der Waals surface area (Å²) in [6.45, 7) is 11.7. The van der Waals surface area contributed by atoms with E-state index >= 15 is 0 Å². The van der Waals surface area contributed by atoms with Crippen molar-refractivity contribution in [2.75, 3.05) is 0 Å². The lowest BCUT2D eigenvalue weighted by Crippen LogP contribution is -2.18. The second kappa shape index (κ2) is 5.70. The Bertz CT molecular complexity index is 278. The Balaban J connectivity index is 3.01. The summed E-state index contributed by atoms with van der Waals surface area (Å²) in [6, 6.07) is 0. The first-order chi connectivity index (χ1) is 7.51. The normalized spacial score (nSPS) is 23.2. The summed E-state index contributed by atoms with van der Waals surface area (Å²) in [6.07, 6.45) is 11.2. The SMILES string of the molecule is CCC1CCC=CC(C)=C(C(C)(C)CC)C1. The molecule has 0 aliphatic heterocycles. The molecule has 1 atom stereocenters. The molecule has 0 aromatic heterocycles. The van der Waals surface area contributed by atoms with Crippen LogP contribution in [-0.2, 0) is 0 Å². The van der Waals surface area contributed by atoms with E-state index in [9.17, 15) is 0 Å². The van der Waals surface area contributed by atoms with E-state index in [4.69, 9.17) is 0 Å². The minimum atomic E-state index is 0.374. The first-order valence-corrected chi connectivity index (χ1v) is 6.88. The van der Waals surface area contributed by atoms with E-state index in [1.165, 1.54) is 37.7 Å². The largest absolute Gasteiger partial charge is 0.0843 e. The predicted octanol–water partition coefficient (Wildman–Crippen LogP) is 5.51. The third kappa shape index (κ3) is 3.23. The Kier molecular flexibility index (Phi) is 4.83. The summed E-state index contributed by atoms with van der Waals surface area (Å²) in [7, 11) is 0. The molecule has 0 amide bonds. The van der Waals surface area contributed by atoms with Crippen molar-refractivity contribution in [1.29, 1.82) is 0 Å². The summed E-state index contributed by atoms with van der Waals surface area (Å²) in [5.74, 6) is 0.890. The molecule has 0 N–H and O–H groups in total. The summed E-state index contributed by atoms with van der Waals surface area (Å²) >= 11 is 0. The number of hydrogen-bond donors (Lipinski definition) is 0. The Labute approximate surface area is 102 Å². The van der Waals surface area contributed by atoms with Crippen molar-refractivity contribution in [3.8, 4) is 0 Å². The number of hydrogen-bond acceptors (Lipinski definition) is 0. The van der Waals surface area contributed by atoms with Crippen molar-refractivity contribution < 1.29 is 0 Å². The maximum absolute atomic E-state index is 2.40. The molecule has 0 saturated carbocycles. The van der Waals surface area contributed by atoms with Gasteiger partial charge in [0.05, 0.1) is 0 Å². The molecule has 0 spiro atoms. The Morgan fingerprint density at radius 3 is 2.56 bits per heavy atom. The van der Waals surface area contributed by atoms with Gasteiger partial charge in [-0.3, -0.25) is 0 Å². The second-order valence-electron chi connectivity index (χ2n) is 5.86. The van der Waals surface area contributed by atoms with Gasteiger partial charge in [0, 0.05) is 0 Å². The molecule has 0 saturated heterocycles. The van der Waals surface area contributed by atoms with Crippen LogP contribution in [0.2, 0.25) is 0 Å². The van der Waals surface area contributed by atoms with Gasteiger partial charge < -0.3 is 0 Å². The van der Waals surface area contributed by atoms with E-state index < -0.39 is 0 Å².